The highest BCUT2D eigenvalue weighted by Gasteiger charge is 2.09. The van der Waals surface area contributed by atoms with E-state index in [0.717, 1.165) is 25.2 Å². The fourth-order valence-corrected chi connectivity index (χ4v) is 2.41. The number of hydrogen-bond donors (Lipinski definition) is 2. The molecule has 0 saturated carbocycles. The van der Waals surface area contributed by atoms with Gasteiger partial charge in [0.15, 0.2) is 5.82 Å². The first-order valence-corrected chi connectivity index (χ1v) is 8.06. The van der Waals surface area contributed by atoms with Crippen molar-refractivity contribution in [1.82, 2.24) is 34.6 Å². The van der Waals surface area contributed by atoms with E-state index in [1.165, 1.54) is 17.3 Å². The molecule has 130 valence electrons. The van der Waals surface area contributed by atoms with Gasteiger partial charge < -0.3 is 15.2 Å². The van der Waals surface area contributed by atoms with Crippen molar-refractivity contribution < 1.29 is 4.79 Å². The molecule has 0 bridgehead atoms. The molecular formula is C16H20N8O. The fourth-order valence-electron chi connectivity index (χ4n) is 2.41. The van der Waals surface area contributed by atoms with E-state index >= 15 is 0 Å². The molecule has 0 spiro atoms. The fraction of sp³-hybridized carbons (Fsp3) is 0.312. The van der Waals surface area contributed by atoms with Gasteiger partial charge in [-0.05, 0) is 31.9 Å². The standard InChI is InChI=1S/C16H20N8O/c1-13-18-8-10-23(13)9-3-2-6-20-16(25)22-14-5-4-7-19-15(14)24-12-17-11-21-24/h4-5,7-8,10-12H,2-3,6,9H2,1H3,(H2,20,22,25). The normalized spacial score (nSPS) is 10.6. The Bertz CT molecular complexity index is 811. The van der Waals surface area contributed by atoms with Gasteiger partial charge in [-0.25, -0.2) is 24.4 Å². The molecule has 0 aromatic carbocycles. The number of carbonyl (C=O) groups excluding carboxylic acids is 1. The zero-order valence-electron chi connectivity index (χ0n) is 14.0. The molecule has 0 radical (unpaired) electrons. The van der Waals surface area contributed by atoms with Crippen LogP contribution in [0.15, 0.2) is 43.4 Å². The number of urea groups is 1. The van der Waals surface area contributed by atoms with Gasteiger partial charge in [0.05, 0.1) is 5.69 Å². The van der Waals surface area contributed by atoms with Crippen molar-refractivity contribution in [2.45, 2.75) is 26.3 Å². The number of pyridine rings is 1. The summed E-state index contributed by atoms with van der Waals surface area (Å²) in [5, 5.41) is 9.68. The number of hydrogen-bond acceptors (Lipinski definition) is 5. The second kappa shape index (κ2) is 8.04. The van der Waals surface area contributed by atoms with Crippen LogP contribution in [0.3, 0.4) is 0 Å². The van der Waals surface area contributed by atoms with Crippen molar-refractivity contribution in [3.8, 4) is 5.82 Å². The van der Waals surface area contributed by atoms with E-state index < -0.39 is 0 Å². The Morgan fingerprint density at radius 2 is 2.16 bits per heavy atom. The van der Waals surface area contributed by atoms with Gasteiger partial charge in [0, 0.05) is 31.7 Å². The van der Waals surface area contributed by atoms with Gasteiger partial charge in [0.25, 0.3) is 0 Å². The second-order valence-corrected chi connectivity index (χ2v) is 5.47. The van der Waals surface area contributed by atoms with Gasteiger partial charge >= 0.3 is 6.03 Å². The molecule has 0 atom stereocenters. The maximum absolute atomic E-state index is 12.1. The Kier molecular flexibility index (Phi) is 5.35. The monoisotopic (exact) mass is 340 g/mol. The molecule has 0 aliphatic rings. The maximum Gasteiger partial charge on any atom is 0.319 e. The highest BCUT2D eigenvalue weighted by atomic mass is 16.2. The lowest BCUT2D eigenvalue weighted by Gasteiger charge is -2.11. The topological polar surface area (TPSA) is 103 Å². The first-order valence-electron chi connectivity index (χ1n) is 8.06. The number of anilines is 1. The quantitative estimate of drug-likeness (QED) is 0.638. The molecule has 3 heterocycles. The number of nitrogens with zero attached hydrogens (tertiary/aromatic N) is 6. The first-order chi connectivity index (χ1) is 12.2. The van der Waals surface area contributed by atoms with Crippen molar-refractivity contribution in [2.75, 3.05) is 11.9 Å². The lowest BCUT2D eigenvalue weighted by atomic mass is 10.3. The van der Waals surface area contributed by atoms with Crippen LogP contribution in [0, 0.1) is 6.92 Å². The molecular weight excluding hydrogens is 320 g/mol. The third kappa shape index (κ3) is 4.40. The lowest BCUT2D eigenvalue weighted by Crippen LogP contribution is -2.30. The molecule has 25 heavy (non-hydrogen) atoms. The van der Waals surface area contributed by atoms with Gasteiger partial charge in [0.1, 0.15) is 18.5 Å². The van der Waals surface area contributed by atoms with E-state index in [1.807, 2.05) is 13.1 Å². The number of amides is 2. The number of unbranched alkanes of at least 4 members (excludes halogenated alkanes) is 1. The van der Waals surface area contributed by atoms with E-state index in [1.54, 1.807) is 24.5 Å². The number of aryl methyl sites for hydroxylation is 2. The summed E-state index contributed by atoms with van der Waals surface area (Å²) in [6.07, 6.45) is 10.2. The van der Waals surface area contributed by atoms with Crippen LogP contribution in [0.1, 0.15) is 18.7 Å². The van der Waals surface area contributed by atoms with Crippen molar-refractivity contribution in [3.05, 3.63) is 49.2 Å². The first kappa shape index (κ1) is 16.6. The van der Waals surface area contributed by atoms with Crippen molar-refractivity contribution in [1.29, 1.82) is 0 Å². The van der Waals surface area contributed by atoms with E-state index in [0.29, 0.717) is 18.1 Å². The van der Waals surface area contributed by atoms with Crippen LogP contribution in [-0.2, 0) is 6.54 Å². The largest absolute Gasteiger partial charge is 0.338 e. The van der Waals surface area contributed by atoms with Crippen LogP contribution in [0.4, 0.5) is 10.5 Å². The van der Waals surface area contributed by atoms with E-state index in [9.17, 15) is 4.79 Å². The zero-order valence-corrected chi connectivity index (χ0v) is 14.0. The summed E-state index contributed by atoms with van der Waals surface area (Å²) in [5.74, 6) is 1.52. The van der Waals surface area contributed by atoms with Crippen molar-refractivity contribution >= 4 is 11.7 Å². The highest BCUT2D eigenvalue weighted by Crippen LogP contribution is 2.15. The van der Waals surface area contributed by atoms with E-state index in [4.69, 9.17) is 0 Å². The molecule has 9 nitrogen and oxygen atoms in total. The third-order valence-corrected chi connectivity index (χ3v) is 3.71. The Morgan fingerprint density at radius 1 is 1.24 bits per heavy atom. The van der Waals surface area contributed by atoms with Gasteiger partial charge in [-0.1, -0.05) is 0 Å². The van der Waals surface area contributed by atoms with Crippen LogP contribution >= 0.6 is 0 Å². The Morgan fingerprint density at radius 3 is 2.92 bits per heavy atom. The summed E-state index contributed by atoms with van der Waals surface area (Å²) in [6, 6.07) is 3.25. The van der Waals surface area contributed by atoms with Gasteiger partial charge in [0.2, 0.25) is 0 Å². The molecule has 3 rings (SSSR count). The SMILES string of the molecule is Cc1nccn1CCCCNC(=O)Nc1cccnc1-n1cncn1. The van der Waals surface area contributed by atoms with Crippen LogP contribution in [-0.4, -0.2) is 41.9 Å². The minimum Gasteiger partial charge on any atom is -0.338 e. The Balaban J connectivity index is 1.45. The van der Waals surface area contributed by atoms with E-state index in [2.05, 4.69) is 35.3 Å². The Labute approximate surface area is 145 Å². The van der Waals surface area contributed by atoms with Crippen molar-refractivity contribution in [2.24, 2.45) is 0 Å². The number of rotatable bonds is 7. The maximum atomic E-state index is 12.1. The summed E-state index contributed by atoms with van der Waals surface area (Å²) in [5.41, 5.74) is 0.569. The molecule has 0 aliphatic heterocycles. The van der Waals surface area contributed by atoms with Gasteiger partial charge in [-0.3, -0.25) is 0 Å². The van der Waals surface area contributed by atoms with Crippen LogP contribution < -0.4 is 10.6 Å². The molecule has 3 aromatic heterocycles. The summed E-state index contributed by atoms with van der Waals surface area (Å²) in [6.45, 7) is 3.47. The molecule has 0 fully saturated rings. The summed E-state index contributed by atoms with van der Waals surface area (Å²) < 4.78 is 3.60. The molecule has 0 saturated heterocycles. The highest BCUT2D eigenvalue weighted by molar-refractivity contribution is 5.90. The summed E-state index contributed by atoms with van der Waals surface area (Å²) >= 11 is 0. The summed E-state index contributed by atoms with van der Waals surface area (Å²) in [7, 11) is 0. The predicted molar refractivity (Wildman–Crippen MR) is 92.4 cm³/mol. The number of carbonyl (C=O) groups is 1. The Hall–Kier alpha value is -3.23. The summed E-state index contributed by atoms with van der Waals surface area (Å²) in [4.78, 5) is 24.4. The van der Waals surface area contributed by atoms with Crippen molar-refractivity contribution in [3.63, 3.8) is 0 Å². The molecule has 0 aliphatic carbocycles. The third-order valence-electron chi connectivity index (χ3n) is 3.71. The van der Waals surface area contributed by atoms with E-state index in [-0.39, 0.29) is 6.03 Å². The minimum atomic E-state index is -0.270. The second-order valence-electron chi connectivity index (χ2n) is 5.47. The predicted octanol–water partition coefficient (Wildman–Crippen LogP) is 1.77. The van der Waals surface area contributed by atoms with Crippen LogP contribution in [0.25, 0.3) is 5.82 Å². The molecule has 3 aromatic rings. The molecule has 0 unspecified atom stereocenters. The van der Waals surface area contributed by atoms with Crippen LogP contribution in [0.5, 0.6) is 0 Å². The number of imidazole rings is 1. The average Bonchev–Trinajstić information content (AvgIpc) is 3.27. The molecule has 2 amide bonds. The molecule has 9 heteroatoms. The number of aromatic nitrogens is 6. The zero-order chi connectivity index (χ0) is 17.5. The number of nitrogens with one attached hydrogen (secondary N) is 2. The average molecular weight is 340 g/mol. The minimum absolute atomic E-state index is 0.270. The molecule has 2 N–H and O–H groups in total. The lowest BCUT2D eigenvalue weighted by molar-refractivity contribution is 0.252. The van der Waals surface area contributed by atoms with Gasteiger partial charge in [-0.15, -0.1) is 0 Å². The van der Waals surface area contributed by atoms with Gasteiger partial charge in [-0.2, -0.15) is 5.10 Å². The smallest absolute Gasteiger partial charge is 0.319 e. The van der Waals surface area contributed by atoms with Crippen LogP contribution in [0.2, 0.25) is 0 Å².